The molecule has 2 aliphatic heterocycles. The van der Waals surface area contributed by atoms with Crippen LogP contribution in [0.4, 0.5) is 4.79 Å². The number of nitrogens with one attached hydrogen (secondary N) is 3. The maximum atomic E-state index is 11.9. The van der Waals surface area contributed by atoms with E-state index in [1.54, 1.807) is 6.92 Å². The maximum absolute atomic E-state index is 11.9. The molecule has 11 nitrogen and oxygen atoms in total. The molecule has 4 amide bonds. The van der Waals surface area contributed by atoms with E-state index in [2.05, 4.69) is 26.1 Å². The number of nitrogens with zero attached hydrogens (tertiary/aromatic N) is 2. The van der Waals surface area contributed by atoms with Gasteiger partial charge in [-0.1, -0.05) is 11.8 Å². The van der Waals surface area contributed by atoms with Gasteiger partial charge in [0.1, 0.15) is 0 Å². The number of urea groups is 1. The number of rotatable bonds is 6. The lowest BCUT2D eigenvalue weighted by atomic mass is 9.95. The van der Waals surface area contributed by atoms with Crippen molar-refractivity contribution in [2.75, 3.05) is 17.3 Å². The highest BCUT2D eigenvalue weighted by Gasteiger charge is 2.34. The Bertz CT molecular complexity index is 854. The third kappa shape index (κ3) is 5.19. The SMILES string of the molecule is CC1NC(=O)NC(=O)C1Cc1nnc(SCC(=O)NC2CCS(=O)(=O)C2)o1. The van der Waals surface area contributed by atoms with Crippen molar-refractivity contribution in [3.05, 3.63) is 5.89 Å². The molecule has 3 unspecified atom stereocenters. The summed E-state index contributed by atoms with van der Waals surface area (Å²) < 4.78 is 28.2. The maximum Gasteiger partial charge on any atom is 0.321 e. The molecule has 2 saturated heterocycles. The van der Waals surface area contributed by atoms with Crippen LogP contribution in [0.2, 0.25) is 0 Å². The summed E-state index contributed by atoms with van der Waals surface area (Å²) in [7, 11) is -3.05. The summed E-state index contributed by atoms with van der Waals surface area (Å²) in [6.45, 7) is 1.71. The predicted octanol–water partition coefficient (Wildman–Crippen LogP) is -1.15. The molecule has 3 N–H and O–H groups in total. The number of aromatic nitrogens is 2. The lowest BCUT2D eigenvalue weighted by Gasteiger charge is -2.27. The fourth-order valence-corrected chi connectivity index (χ4v) is 5.18. The molecule has 0 bridgehead atoms. The largest absolute Gasteiger partial charge is 0.416 e. The van der Waals surface area contributed by atoms with Crippen molar-refractivity contribution in [3.63, 3.8) is 0 Å². The Labute approximate surface area is 159 Å². The van der Waals surface area contributed by atoms with Crippen LogP contribution >= 0.6 is 11.8 Å². The van der Waals surface area contributed by atoms with E-state index in [-0.39, 0.29) is 52.8 Å². The molecule has 0 aromatic carbocycles. The minimum Gasteiger partial charge on any atom is -0.416 e. The van der Waals surface area contributed by atoms with Gasteiger partial charge in [-0.25, -0.2) is 13.2 Å². The highest BCUT2D eigenvalue weighted by molar-refractivity contribution is 7.99. The Morgan fingerprint density at radius 2 is 2.15 bits per heavy atom. The second-order valence-corrected chi connectivity index (χ2v) is 9.64. The van der Waals surface area contributed by atoms with E-state index in [1.807, 2.05) is 0 Å². The van der Waals surface area contributed by atoms with Gasteiger partial charge in [-0.2, -0.15) is 0 Å². The molecule has 0 aliphatic carbocycles. The van der Waals surface area contributed by atoms with Gasteiger partial charge in [0.25, 0.3) is 5.22 Å². The third-order valence-corrected chi connectivity index (χ3v) is 6.89. The minimum atomic E-state index is -3.05. The minimum absolute atomic E-state index is 0.00849. The smallest absolute Gasteiger partial charge is 0.321 e. The van der Waals surface area contributed by atoms with Crippen molar-refractivity contribution in [3.8, 4) is 0 Å². The van der Waals surface area contributed by atoms with E-state index in [4.69, 9.17) is 4.42 Å². The van der Waals surface area contributed by atoms with Gasteiger partial charge in [-0.05, 0) is 13.3 Å². The van der Waals surface area contributed by atoms with Gasteiger partial charge in [0.05, 0.1) is 23.2 Å². The topological polar surface area (TPSA) is 160 Å². The molecule has 3 heterocycles. The van der Waals surface area contributed by atoms with Gasteiger partial charge in [0.2, 0.25) is 17.7 Å². The van der Waals surface area contributed by atoms with Crippen LogP contribution in [0.25, 0.3) is 0 Å². The molecule has 0 saturated carbocycles. The van der Waals surface area contributed by atoms with E-state index >= 15 is 0 Å². The highest BCUT2D eigenvalue weighted by Crippen LogP contribution is 2.20. The number of hydrogen-bond donors (Lipinski definition) is 3. The van der Waals surface area contributed by atoms with Gasteiger partial charge in [-0.15, -0.1) is 10.2 Å². The molecule has 148 valence electrons. The van der Waals surface area contributed by atoms with Crippen molar-refractivity contribution in [2.45, 2.75) is 37.1 Å². The fourth-order valence-electron chi connectivity index (χ4n) is 2.92. The molecule has 3 atom stereocenters. The Kier molecular flexibility index (Phi) is 5.69. The van der Waals surface area contributed by atoms with Crippen molar-refractivity contribution >= 4 is 39.4 Å². The van der Waals surface area contributed by atoms with Crippen LogP contribution < -0.4 is 16.0 Å². The number of sulfone groups is 1. The van der Waals surface area contributed by atoms with Crippen LogP contribution in [0.5, 0.6) is 0 Å². The first-order valence-electron chi connectivity index (χ1n) is 8.28. The molecule has 27 heavy (non-hydrogen) atoms. The zero-order chi connectivity index (χ0) is 19.6. The summed E-state index contributed by atoms with van der Waals surface area (Å²) in [5.41, 5.74) is 0. The number of carbonyl (C=O) groups is 3. The van der Waals surface area contributed by atoms with Crippen LogP contribution in [-0.4, -0.2) is 65.8 Å². The van der Waals surface area contributed by atoms with Crippen LogP contribution in [0.1, 0.15) is 19.2 Å². The Morgan fingerprint density at radius 1 is 1.37 bits per heavy atom. The average Bonchev–Trinajstić information content (AvgIpc) is 3.15. The Hall–Kier alpha value is -2.15. The van der Waals surface area contributed by atoms with Crippen molar-refractivity contribution in [1.82, 2.24) is 26.1 Å². The summed E-state index contributed by atoms with van der Waals surface area (Å²) >= 11 is 1.02. The van der Waals surface area contributed by atoms with Gasteiger partial charge < -0.3 is 15.1 Å². The first kappa shape index (κ1) is 19.6. The highest BCUT2D eigenvalue weighted by atomic mass is 32.2. The molecular formula is C14H19N5O6S2. The normalized spacial score (nSPS) is 27.1. The quantitative estimate of drug-likeness (QED) is 0.486. The fraction of sp³-hybridized carbons (Fsp3) is 0.643. The van der Waals surface area contributed by atoms with Crippen molar-refractivity contribution in [2.24, 2.45) is 5.92 Å². The number of imide groups is 1. The van der Waals surface area contributed by atoms with E-state index in [0.29, 0.717) is 6.42 Å². The van der Waals surface area contributed by atoms with Crippen LogP contribution in [0, 0.1) is 5.92 Å². The molecule has 2 aliphatic rings. The zero-order valence-electron chi connectivity index (χ0n) is 14.4. The Balaban J connectivity index is 1.47. The molecule has 0 radical (unpaired) electrons. The molecular weight excluding hydrogens is 398 g/mol. The van der Waals surface area contributed by atoms with Crippen molar-refractivity contribution < 1.29 is 27.2 Å². The van der Waals surface area contributed by atoms with E-state index in [1.165, 1.54) is 0 Å². The second kappa shape index (κ2) is 7.84. The van der Waals surface area contributed by atoms with E-state index in [0.717, 1.165) is 11.8 Å². The molecule has 13 heteroatoms. The van der Waals surface area contributed by atoms with Gasteiger partial charge >= 0.3 is 6.03 Å². The first-order chi connectivity index (χ1) is 12.7. The van der Waals surface area contributed by atoms with E-state index < -0.39 is 27.7 Å². The summed E-state index contributed by atoms with van der Waals surface area (Å²) in [6.07, 6.45) is 0.578. The lowest BCUT2D eigenvalue weighted by Crippen LogP contribution is -2.57. The van der Waals surface area contributed by atoms with Crippen molar-refractivity contribution in [1.29, 1.82) is 0 Å². The second-order valence-electron chi connectivity index (χ2n) is 6.48. The predicted molar refractivity (Wildman–Crippen MR) is 93.6 cm³/mol. The molecule has 1 aromatic heterocycles. The average molecular weight is 417 g/mol. The number of amides is 4. The molecule has 3 rings (SSSR count). The first-order valence-corrected chi connectivity index (χ1v) is 11.1. The Morgan fingerprint density at radius 3 is 2.81 bits per heavy atom. The number of thioether (sulfide) groups is 1. The summed E-state index contributed by atoms with van der Waals surface area (Å²) in [4.78, 5) is 35.0. The summed E-state index contributed by atoms with van der Waals surface area (Å²) in [5.74, 6) is -0.974. The summed E-state index contributed by atoms with van der Waals surface area (Å²) in [5, 5.41) is 15.3. The molecule has 1 aromatic rings. The van der Waals surface area contributed by atoms with Crippen LogP contribution in [0.15, 0.2) is 9.64 Å². The van der Waals surface area contributed by atoms with Crippen LogP contribution in [-0.2, 0) is 25.8 Å². The summed E-state index contributed by atoms with van der Waals surface area (Å²) in [6, 6.07) is -1.27. The lowest BCUT2D eigenvalue weighted by molar-refractivity contribution is -0.125. The van der Waals surface area contributed by atoms with Gasteiger partial charge in [0.15, 0.2) is 9.84 Å². The zero-order valence-corrected chi connectivity index (χ0v) is 16.1. The number of carbonyl (C=O) groups excluding carboxylic acids is 3. The van der Waals surface area contributed by atoms with E-state index in [9.17, 15) is 22.8 Å². The monoisotopic (exact) mass is 417 g/mol. The number of hydrogen-bond acceptors (Lipinski definition) is 9. The van der Waals surface area contributed by atoms with Gasteiger partial charge in [0, 0.05) is 18.5 Å². The van der Waals surface area contributed by atoms with Crippen LogP contribution in [0.3, 0.4) is 0 Å². The standard InChI is InChI=1S/C14H19N5O6S2/c1-7-9(12(21)17-13(22)15-7)4-11-18-19-14(25-11)26-5-10(20)16-8-2-3-27(23,24)6-8/h7-9H,2-6H2,1H3,(H,16,20)(H2,15,17,21,22). The third-order valence-electron chi connectivity index (χ3n) is 4.30. The molecule has 2 fully saturated rings. The molecule has 0 spiro atoms. The van der Waals surface area contributed by atoms with Gasteiger partial charge in [-0.3, -0.25) is 14.9 Å².